The average molecular weight is 329 g/mol. The van der Waals surface area contributed by atoms with Crippen LogP contribution in [0.3, 0.4) is 0 Å². The number of carbonyl (C=O) groups excluding carboxylic acids is 2. The molecule has 0 unspecified atom stereocenters. The molecular formula is C16H19N5O3. The van der Waals surface area contributed by atoms with Gasteiger partial charge in [0.05, 0.1) is 12.5 Å². The van der Waals surface area contributed by atoms with E-state index >= 15 is 0 Å². The molecule has 2 rings (SSSR count). The minimum Gasteiger partial charge on any atom is -0.369 e. The Kier molecular flexibility index (Phi) is 5.46. The lowest BCUT2D eigenvalue weighted by Gasteiger charge is -2.10. The van der Waals surface area contributed by atoms with Gasteiger partial charge >= 0.3 is 0 Å². The maximum absolute atomic E-state index is 12.1. The molecule has 1 heterocycles. The highest BCUT2D eigenvalue weighted by Crippen LogP contribution is 2.18. The number of H-pyrrole nitrogens is 1. The van der Waals surface area contributed by atoms with Gasteiger partial charge in [0.1, 0.15) is 0 Å². The van der Waals surface area contributed by atoms with Crippen molar-refractivity contribution in [1.29, 1.82) is 0 Å². The van der Waals surface area contributed by atoms with Crippen molar-refractivity contribution in [2.45, 2.75) is 12.5 Å². The number of rotatable bonds is 6. The third kappa shape index (κ3) is 4.28. The summed E-state index contributed by atoms with van der Waals surface area (Å²) in [4.78, 5) is 37.6. The van der Waals surface area contributed by atoms with E-state index in [-0.39, 0.29) is 24.3 Å². The van der Waals surface area contributed by atoms with E-state index in [9.17, 15) is 14.4 Å². The monoisotopic (exact) mass is 329 g/mol. The molecule has 0 aliphatic carbocycles. The summed E-state index contributed by atoms with van der Waals surface area (Å²) in [5, 5.41) is 2.64. The van der Waals surface area contributed by atoms with Crippen molar-refractivity contribution in [3.63, 3.8) is 0 Å². The van der Waals surface area contributed by atoms with E-state index in [0.717, 1.165) is 0 Å². The standard InChI is InChI=1S/C16H19N5O3/c17-7-13(18)16(24)21-10-3-1-9(2-4-10)12-8-20-11(5-14(12)22)6-15(19)23/h1-5,8,13H,6-7,17-18H2,(H2,19,23)(H,20,22)(H,21,24)/t13-/m1/s1. The van der Waals surface area contributed by atoms with Gasteiger partial charge in [0.15, 0.2) is 5.43 Å². The SMILES string of the molecule is NC[C@@H](N)C(=O)Nc1ccc(-c2c[nH]c(CC(N)=O)cc2=O)cc1. The molecule has 1 atom stereocenters. The first-order chi connectivity index (χ1) is 11.4. The third-order valence-corrected chi connectivity index (χ3v) is 3.39. The third-order valence-electron chi connectivity index (χ3n) is 3.39. The highest BCUT2D eigenvalue weighted by Gasteiger charge is 2.11. The Morgan fingerprint density at radius 2 is 1.88 bits per heavy atom. The number of anilines is 1. The molecule has 126 valence electrons. The van der Waals surface area contributed by atoms with Crippen molar-refractivity contribution in [1.82, 2.24) is 4.98 Å². The molecule has 0 saturated heterocycles. The average Bonchev–Trinajstić information content (AvgIpc) is 2.54. The van der Waals surface area contributed by atoms with E-state index in [0.29, 0.717) is 22.5 Å². The molecule has 0 radical (unpaired) electrons. The van der Waals surface area contributed by atoms with Crippen LogP contribution in [0.25, 0.3) is 11.1 Å². The Hall–Kier alpha value is -2.97. The second-order valence-electron chi connectivity index (χ2n) is 5.29. The normalized spacial score (nSPS) is 11.8. The van der Waals surface area contributed by atoms with Crippen molar-refractivity contribution in [2.24, 2.45) is 17.2 Å². The summed E-state index contributed by atoms with van der Waals surface area (Å²) >= 11 is 0. The summed E-state index contributed by atoms with van der Waals surface area (Å²) < 4.78 is 0. The number of benzene rings is 1. The van der Waals surface area contributed by atoms with Crippen molar-refractivity contribution in [2.75, 3.05) is 11.9 Å². The molecular weight excluding hydrogens is 310 g/mol. The fraction of sp³-hybridized carbons (Fsp3) is 0.188. The highest BCUT2D eigenvalue weighted by molar-refractivity contribution is 5.95. The quantitative estimate of drug-likeness (QED) is 0.473. The Labute approximate surface area is 138 Å². The van der Waals surface area contributed by atoms with Crippen molar-refractivity contribution in [3.8, 4) is 11.1 Å². The number of primary amides is 1. The van der Waals surface area contributed by atoms with Gasteiger partial charge in [0.25, 0.3) is 0 Å². The molecule has 2 aromatic rings. The zero-order valence-corrected chi connectivity index (χ0v) is 12.9. The maximum Gasteiger partial charge on any atom is 0.242 e. The Bertz CT molecular complexity index is 798. The minimum atomic E-state index is -0.773. The molecule has 8 nitrogen and oxygen atoms in total. The van der Waals surface area contributed by atoms with E-state index in [1.165, 1.54) is 12.3 Å². The summed E-state index contributed by atoms with van der Waals surface area (Å²) in [6.07, 6.45) is 1.50. The molecule has 2 amide bonds. The molecule has 0 aliphatic rings. The number of amides is 2. The number of carbonyl (C=O) groups is 2. The highest BCUT2D eigenvalue weighted by atomic mass is 16.2. The van der Waals surface area contributed by atoms with Gasteiger partial charge in [-0.2, -0.15) is 0 Å². The van der Waals surface area contributed by atoms with Crippen LogP contribution in [0.5, 0.6) is 0 Å². The first-order valence-corrected chi connectivity index (χ1v) is 7.27. The van der Waals surface area contributed by atoms with Gasteiger partial charge in [-0.05, 0) is 17.7 Å². The molecule has 0 saturated carbocycles. The molecule has 0 aliphatic heterocycles. The largest absolute Gasteiger partial charge is 0.369 e. The fourth-order valence-corrected chi connectivity index (χ4v) is 2.10. The molecule has 8 heteroatoms. The zero-order chi connectivity index (χ0) is 17.7. The fourth-order valence-electron chi connectivity index (χ4n) is 2.10. The lowest BCUT2D eigenvalue weighted by molar-refractivity contribution is -0.118. The summed E-state index contributed by atoms with van der Waals surface area (Å²) in [5.41, 5.74) is 17.9. The molecule has 8 N–H and O–H groups in total. The summed E-state index contributed by atoms with van der Waals surface area (Å²) in [6.45, 7) is 0.0525. The van der Waals surface area contributed by atoms with Crippen molar-refractivity contribution >= 4 is 17.5 Å². The number of hydrogen-bond donors (Lipinski definition) is 5. The van der Waals surface area contributed by atoms with E-state index in [1.54, 1.807) is 24.3 Å². The van der Waals surface area contributed by atoms with Gasteiger partial charge in [-0.3, -0.25) is 14.4 Å². The second kappa shape index (κ2) is 7.53. The Balaban J connectivity index is 2.17. The van der Waals surface area contributed by atoms with Crippen LogP contribution < -0.4 is 27.9 Å². The number of pyridine rings is 1. The Morgan fingerprint density at radius 3 is 2.42 bits per heavy atom. The topological polar surface area (TPSA) is 157 Å². The van der Waals surface area contributed by atoms with Crippen LogP contribution in [0.15, 0.2) is 41.3 Å². The predicted molar refractivity (Wildman–Crippen MR) is 91.1 cm³/mol. The number of nitrogens with two attached hydrogens (primary N) is 3. The van der Waals surface area contributed by atoms with Crippen LogP contribution in [0, 0.1) is 0 Å². The summed E-state index contributed by atoms with van der Waals surface area (Å²) in [7, 11) is 0. The summed E-state index contributed by atoms with van der Waals surface area (Å²) in [5.74, 6) is -0.895. The maximum atomic E-state index is 12.1. The van der Waals surface area contributed by atoms with Crippen molar-refractivity contribution < 1.29 is 9.59 Å². The lowest BCUT2D eigenvalue weighted by Crippen LogP contribution is -2.41. The first kappa shape index (κ1) is 17.4. The van der Waals surface area contributed by atoms with Crippen LogP contribution in [-0.4, -0.2) is 29.4 Å². The van der Waals surface area contributed by atoms with Gasteiger partial charge < -0.3 is 27.5 Å². The smallest absolute Gasteiger partial charge is 0.242 e. The van der Waals surface area contributed by atoms with Crippen LogP contribution >= 0.6 is 0 Å². The van der Waals surface area contributed by atoms with Gasteiger partial charge in [-0.15, -0.1) is 0 Å². The van der Waals surface area contributed by atoms with Crippen molar-refractivity contribution in [3.05, 3.63) is 52.4 Å². The van der Waals surface area contributed by atoms with Crippen LogP contribution in [0.2, 0.25) is 0 Å². The van der Waals surface area contributed by atoms with Gasteiger partial charge in [-0.25, -0.2) is 0 Å². The molecule has 1 aromatic heterocycles. The summed E-state index contributed by atoms with van der Waals surface area (Å²) in [6, 6.07) is 7.28. The minimum absolute atomic E-state index is 0.0259. The van der Waals surface area contributed by atoms with Gasteiger partial charge in [0, 0.05) is 35.8 Å². The molecule has 0 fully saturated rings. The van der Waals surface area contributed by atoms with E-state index < -0.39 is 11.9 Å². The first-order valence-electron chi connectivity index (χ1n) is 7.27. The molecule has 0 spiro atoms. The zero-order valence-electron chi connectivity index (χ0n) is 12.9. The van der Waals surface area contributed by atoms with Crippen LogP contribution in [0.4, 0.5) is 5.69 Å². The number of aromatic nitrogens is 1. The van der Waals surface area contributed by atoms with Crippen LogP contribution in [-0.2, 0) is 16.0 Å². The Morgan fingerprint density at radius 1 is 1.21 bits per heavy atom. The molecule has 1 aromatic carbocycles. The van der Waals surface area contributed by atoms with Gasteiger partial charge in [0.2, 0.25) is 11.8 Å². The molecule has 0 bridgehead atoms. The van der Waals surface area contributed by atoms with Crippen LogP contribution in [0.1, 0.15) is 5.69 Å². The number of nitrogens with one attached hydrogen (secondary N) is 2. The van der Waals surface area contributed by atoms with E-state index in [4.69, 9.17) is 17.2 Å². The van der Waals surface area contributed by atoms with Gasteiger partial charge in [-0.1, -0.05) is 12.1 Å². The molecule has 24 heavy (non-hydrogen) atoms. The second-order valence-corrected chi connectivity index (χ2v) is 5.29. The van der Waals surface area contributed by atoms with E-state index in [2.05, 4.69) is 10.3 Å². The lowest BCUT2D eigenvalue weighted by atomic mass is 10.1. The number of aromatic amines is 1. The number of hydrogen-bond acceptors (Lipinski definition) is 5. The van der Waals surface area contributed by atoms with E-state index in [1.807, 2.05) is 0 Å². The predicted octanol–water partition coefficient (Wildman–Crippen LogP) is -0.706.